The number of nitrogens with one attached hydrogen (secondary N) is 1. The molecule has 2 aliphatic rings. The number of fused-ring (bicyclic) bond motifs is 2. The monoisotopic (exact) mass is 283 g/mol. The van der Waals surface area contributed by atoms with Gasteiger partial charge in [-0.05, 0) is 47.9 Å². The molecule has 2 aliphatic heterocycles. The molecule has 0 unspecified atom stereocenters. The van der Waals surface area contributed by atoms with Crippen molar-refractivity contribution in [3.63, 3.8) is 0 Å². The molecule has 2 aromatic carbocycles. The first kappa shape index (κ1) is 12.5. The summed E-state index contributed by atoms with van der Waals surface area (Å²) in [5.41, 5.74) is 4.86. The zero-order valence-corrected chi connectivity index (χ0v) is 11.9. The highest BCUT2D eigenvalue weighted by atomic mass is 16.7. The molecule has 108 valence electrons. The van der Waals surface area contributed by atoms with Gasteiger partial charge in [0.2, 0.25) is 6.79 Å². The largest absolute Gasteiger partial charge is 0.454 e. The molecule has 0 saturated carbocycles. The van der Waals surface area contributed by atoms with E-state index in [0.717, 1.165) is 23.8 Å². The fourth-order valence-corrected chi connectivity index (χ4v) is 2.78. The molecule has 2 aromatic rings. The quantitative estimate of drug-likeness (QED) is 0.934. The van der Waals surface area contributed by atoms with Crippen molar-refractivity contribution in [1.82, 2.24) is 0 Å². The average molecular weight is 283 g/mol. The first-order valence-corrected chi connectivity index (χ1v) is 7.15. The molecular weight excluding hydrogens is 266 g/mol. The van der Waals surface area contributed by atoms with Gasteiger partial charge < -0.3 is 19.5 Å². The lowest BCUT2D eigenvalue weighted by Gasteiger charge is -2.16. The van der Waals surface area contributed by atoms with Crippen LogP contribution in [-0.4, -0.2) is 6.79 Å². The highest BCUT2D eigenvalue weighted by molar-refractivity contribution is 5.52. The maximum Gasteiger partial charge on any atom is 0.231 e. The van der Waals surface area contributed by atoms with Gasteiger partial charge >= 0.3 is 0 Å². The van der Waals surface area contributed by atoms with Crippen molar-refractivity contribution >= 4 is 5.69 Å². The smallest absolute Gasteiger partial charge is 0.231 e. The minimum Gasteiger partial charge on any atom is -0.454 e. The molecule has 4 rings (SSSR count). The van der Waals surface area contributed by atoms with Crippen molar-refractivity contribution in [3.8, 4) is 11.5 Å². The number of ether oxygens (including phenoxy) is 3. The van der Waals surface area contributed by atoms with Crippen molar-refractivity contribution in [2.75, 3.05) is 12.1 Å². The van der Waals surface area contributed by atoms with E-state index in [2.05, 4.69) is 36.5 Å². The lowest BCUT2D eigenvalue weighted by molar-refractivity contribution is 0.134. The molecule has 0 amide bonds. The Kier molecular flexibility index (Phi) is 2.97. The molecule has 1 atom stereocenters. The highest BCUT2D eigenvalue weighted by Crippen LogP contribution is 2.35. The maximum atomic E-state index is 5.45. The number of hydrogen-bond acceptors (Lipinski definition) is 4. The predicted octanol–water partition coefficient (Wildman–Crippen LogP) is 3.62. The van der Waals surface area contributed by atoms with Crippen LogP contribution in [0.4, 0.5) is 5.69 Å². The summed E-state index contributed by atoms with van der Waals surface area (Å²) in [5, 5.41) is 3.53. The first-order chi connectivity index (χ1) is 10.3. The molecule has 0 bridgehead atoms. The molecule has 21 heavy (non-hydrogen) atoms. The van der Waals surface area contributed by atoms with E-state index in [4.69, 9.17) is 14.2 Å². The van der Waals surface area contributed by atoms with Crippen LogP contribution >= 0.6 is 0 Å². The van der Waals surface area contributed by atoms with Crippen LogP contribution in [0.25, 0.3) is 0 Å². The van der Waals surface area contributed by atoms with Gasteiger partial charge in [-0.25, -0.2) is 0 Å². The highest BCUT2D eigenvalue weighted by Gasteiger charge is 2.16. The van der Waals surface area contributed by atoms with Gasteiger partial charge in [-0.15, -0.1) is 0 Å². The Morgan fingerprint density at radius 1 is 0.952 bits per heavy atom. The average Bonchev–Trinajstić information content (AvgIpc) is 3.14. The van der Waals surface area contributed by atoms with Crippen LogP contribution in [0, 0.1) is 0 Å². The Bertz CT molecular complexity index is 684. The molecular formula is C17H17NO3. The molecule has 1 N–H and O–H groups in total. The van der Waals surface area contributed by atoms with Gasteiger partial charge in [-0.3, -0.25) is 0 Å². The third-order valence-corrected chi connectivity index (χ3v) is 4.00. The molecule has 4 nitrogen and oxygen atoms in total. The Hall–Kier alpha value is -2.20. The van der Waals surface area contributed by atoms with Crippen LogP contribution in [0.2, 0.25) is 0 Å². The van der Waals surface area contributed by atoms with Crippen LogP contribution in [0.1, 0.15) is 29.7 Å². The van der Waals surface area contributed by atoms with Crippen molar-refractivity contribution in [2.24, 2.45) is 0 Å². The fourth-order valence-electron chi connectivity index (χ4n) is 2.78. The summed E-state index contributed by atoms with van der Waals surface area (Å²) in [4.78, 5) is 0. The third kappa shape index (κ3) is 2.32. The second-order valence-electron chi connectivity index (χ2n) is 5.46. The van der Waals surface area contributed by atoms with E-state index in [1.54, 1.807) is 0 Å². The SMILES string of the molecule is C[C@@H](Nc1ccc2c(c1)COC2)c1ccc2c(c1)OCO2. The Balaban J connectivity index is 1.54. The Morgan fingerprint density at radius 2 is 1.81 bits per heavy atom. The van der Waals surface area contributed by atoms with E-state index < -0.39 is 0 Å². The summed E-state index contributed by atoms with van der Waals surface area (Å²) in [6.45, 7) is 3.89. The summed E-state index contributed by atoms with van der Waals surface area (Å²) in [5.74, 6) is 1.64. The number of benzene rings is 2. The summed E-state index contributed by atoms with van der Waals surface area (Å²) in [6, 6.07) is 12.7. The molecule has 0 spiro atoms. The summed E-state index contributed by atoms with van der Waals surface area (Å²) in [7, 11) is 0. The molecule has 0 aromatic heterocycles. The van der Waals surface area contributed by atoms with Crippen molar-refractivity contribution in [3.05, 3.63) is 53.1 Å². The minimum atomic E-state index is 0.194. The number of hydrogen-bond donors (Lipinski definition) is 1. The van der Waals surface area contributed by atoms with Gasteiger partial charge in [0, 0.05) is 11.7 Å². The summed E-state index contributed by atoms with van der Waals surface area (Å²) in [6.07, 6.45) is 0. The van der Waals surface area contributed by atoms with Crippen molar-refractivity contribution in [2.45, 2.75) is 26.2 Å². The second kappa shape index (κ2) is 4.97. The molecule has 0 radical (unpaired) electrons. The van der Waals surface area contributed by atoms with Crippen LogP contribution in [0.15, 0.2) is 36.4 Å². The van der Waals surface area contributed by atoms with Crippen LogP contribution < -0.4 is 14.8 Å². The number of anilines is 1. The predicted molar refractivity (Wildman–Crippen MR) is 79.5 cm³/mol. The topological polar surface area (TPSA) is 39.7 Å². The van der Waals surface area contributed by atoms with E-state index in [9.17, 15) is 0 Å². The van der Waals surface area contributed by atoms with Gasteiger partial charge in [-0.2, -0.15) is 0 Å². The van der Waals surface area contributed by atoms with Crippen LogP contribution in [-0.2, 0) is 18.0 Å². The summed E-state index contributed by atoms with van der Waals surface area (Å²) < 4.78 is 16.2. The zero-order valence-electron chi connectivity index (χ0n) is 11.9. The molecule has 0 fully saturated rings. The molecule has 0 saturated heterocycles. The van der Waals surface area contributed by atoms with E-state index in [0.29, 0.717) is 13.4 Å². The fraction of sp³-hybridized carbons (Fsp3) is 0.294. The van der Waals surface area contributed by atoms with Crippen molar-refractivity contribution in [1.29, 1.82) is 0 Å². The molecule has 0 aliphatic carbocycles. The van der Waals surface area contributed by atoms with Gasteiger partial charge in [0.1, 0.15) is 0 Å². The lowest BCUT2D eigenvalue weighted by atomic mass is 10.1. The van der Waals surface area contributed by atoms with Gasteiger partial charge in [0.25, 0.3) is 0 Å². The minimum absolute atomic E-state index is 0.194. The normalized spacial score (nSPS) is 16.6. The Labute approximate surface area is 123 Å². The van der Waals surface area contributed by atoms with E-state index >= 15 is 0 Å². The van der Waals surface area contributed by atoms with E-state index in [1.165, 1.54) is 16.7 Å². The van der Waals surface area contributed by atoms with Crippen LogP contribution in [0.5, 0.6) is 11.5 Å². The first-order valence-electron chi connectivity index (χ1n) is 7.15. The second-order valence-corrected chi connectivity index (χ2v) is 5.46. The van der Waals surface area contributed by atoms with Gasteiger partial charge in [0.15, 0.2) is 11.5 Å². The third-order valence-electron chi connectivity index (χ3n) is 4.00. The maximum absolute atomic E-state index is 5.45. The molecule has 4 heteroatoms. The van der Waals surface area contributed by atoms with Crippen molar-refractivity contribution < 1.29 is 14.2 Å². The lowest BCUT2D eigenvalue weighted by Crippen LogP contribution is -2.06. The van der Waals surface area contributed by atoms with E-state index in [1.807, 2.05) is 12.1 Å². The van der Waals surface area contributed by atoms with E-state index in [-0.39, 0.29) is 6.04 Å². The van der Waals surface area contributed by atoms with Crippen LogP contribution in [0.3, 0.4) is 0 Å². The standard InChI is InChI=1S/C17H17NO3/c1-11(12-3-5-16-17(7-12)21-10-20-16)18-15-4-2-13-8-19-9-14(13)6-15/h2-7,11,18H,8-10H2,1H3/t11-/m1/s1. The summed E-state index contributed by atoms with van der Waals surface area (Å²) >= 11 is 0. The zero-order chi connectivity index (χ0) is 14.2. The Morgan fingerprint density at radius 3 is 2.76 bits per heavy atom. The van der Waals surface area contributed by atoms with Gasteiger partial charge in [0.05, 0.1) is 13.2 Å². The molecule has 2 heterocycles. The number of rotatable bonds is 3. The van der Waals surface area contributed by atoms with Gasteiger partial charge in [-0.1, -0.05) is 12.1 Å².